The van der Waals surface area contributed by atoms with Crippen LogP contribution in [0.1, 0.15) is 12.0 Å². The summed E-state index contributed by atoms with van der Waals surface area (Å²) in [4.78, 5) is 26.3. The summed E-state index contributed by atoms with van der Waals surface area (Å²) >= 11 is 5.98. The largest absolute Gasteiger partial charge is 0.326 e. The average Bonchev–Trinajstić information content (AvgIpc) is 2.92. The van der Waals surface area contributed by atoms with E-state index in [4.69, 9.17) is 11.6 Å². The Morgan fingerprint density at radius 3 is 2.74 bits per heavy atom. The maximum atomic E-state index is 12.4. The number of benzene rings is 2. The number of para-hydroxylation sites is 1. The molecule has 2 amide bonds. The second-order valence-corrected chi connectivity index (χ2v) is 6.13. The van der Waals surface area contributed by atoms with E-state index in [0.29, 0.717) is 11.6 Å². The Balaban J connectivity index is 1.72. The van der Waals surface area contributed by atoms with Gasteiger partial charge in [0.05, 0.1) is 5.92 Å². The first kappa shape index (κ1) is 15.6. The molecule has 2 aromatic carbocycles. The second kappa shape index (κ2) is 6.42. The van der Waals surface area contributed by atoms with Crippen LogP contribution in [0.2, 0.25) is 5.02 Å². The van der Waals surface area contributed by atoms with E-state index in [1.807, 2.05) is 37.3 Å². The number of aryl methyl sites for hydroxylation is 1. The van der Waals surface area contributed by atoms with Crippen molar-refractivity contribution in [2.75, 3.05) is 16.8 Å². The summed E-state index contributed by atoms with van der Waals surface area (Å²) in [5.41, 5.74) is 2.51. The molecular formula is C18H17ClN2O2. The molecule has 0 aromatic heterocycles. The maximum absolute atomic E-state index is 12.4. The van der Waals surface area contributed by atoms with Gasteiger partial charge in [-0.25, -0.2) is 0 Å². The molecular weight excluding hydrogens is 312 g/mol. The lowest BCUT2D eigenvalue weighted by Crippen LogP contribution is -2.28. The standard InChI is InChI=1S/C18H17ClN2O2/c1-12-5-2-3-8-16(12)20-18(23)13-9-17(22)21(11-13)15-7-4-6-14(19)10-15/h2-8,10,13H,9,11H2,1H3,(H,20,23)/t13-/m1/s1. The zero-order valence-corrected chi connectivity index (χ0v) is 13.5. The SMILES string of the molecule is Cc1ccccc1NC(=O)[C@@H]1CC(=O)N(c2cccc(Cl)c2)C1. The first-order chi connectivity index (χ1) is 11.0. The summed E-state index contributed by atoms with van der Waals surface area (Å²) in [6.45, 7) is 2.31. The van der Waals surface area contributed by atoms with Crippen LogP contribution in [0.3, 0.4) is 0 Å². The van der Waals surface area contributed by atoms with Gasteiger partial charge in [0.15, 0.2) is 0 Å². The Kier molecular flexibility index (Phi) is 4.35. The number of anilines is 2. The van der Waals surface area contributed by atoms with E-state index in [1.165, 1.54) is 0 Å². The maximum Gasteiger partial charge on any atom is 0.229 e. The third kappa shape index (κ3) is 3.37. The zero-order valence-electron chi connectivity index (χ0n) is 12.8. The molecule has 0 unspecified atom stereocenters. The van der Waals surface area contributed by atoms with Crippen molar-refractivity contribution in [3.63, 3.8) is 0 Å². The van der Waals surface area contributed by atoms with Crippen LogP contribution in [-0.4, -0.2) is 18.4 Å². The number of nitrogens with zero attached hydrogens (tertiary/aromatic N) is 1. The van der Waals surface area contributed by atoms with Crippen LogP contribution >= 0.6 is 11.6 Å². The van der Waals surface area contributed by atoms with E-state index < -0.39 is 0 Å². The predicted octanol–water partition coefficient (Wildman–Crippen LogP) is 3.64. The van der Waals surface area contributed by atoms with Gasteiger partial charge in [0.2, 0.25) is 11.8 Å². The van der Waals surface area contributed by atoms with Gasteiger partial charge in [-0.1, -0.05) is 35.9 Å². The van der Waals surface area contributed by atoms with Crippen molar-refractivity contribution in [3.8, 4) is 0 Å². The van der Waals surface area contributed by atoms with Gasteiger partial charge in [-0.3, -0.25) is 9.59 Å². The first-order valence-electron chi connectivity index (χ1n) is 7.47. The summed E-state index contributed by atoms with van der Waals surface area (Å²) in [6, 6.07) is 14.7. The smallest absolute Gasteiger partial charge is 0.229 e. The topological polar surface area (TPSA) is 49.4 Å². The third-order valence-electron chi connectivity index (χ3n) is 4.02. The molecule has 0 bridgehead atoms. The van der Waals surface area contributed by atoms with Gasteiger partial charge in [0.1, 0.15) is 0 Å². The normalized spacial score (nSPS) is 17.4. The molecule has 1 aliphatic rings. The van der Waals surface area contributed by atoms with Gasteiger partial charge >= 0.3 is 0 Å². The molecule has 5 heteroatoms. The van der Waals surface area contributed by atoms with Crippen LogP contribution in [0.25, 0.3) is 0 Å². The molecule has 0 saturated carbocycles. The highest BCUT2D eigenvalue weighted by Gasteiger charge is 2.35. The second-order valence-electron chi connectivity index (χ2n) is 5.69. The van der Waals surface area contributed by atoms with Crippen molar-refractivity contribution in [2.24, 2.45) is 5.92 Å². The van der Waals surface area contributed by atoms with E-state index >= 15 is 0 Å². The van der Waals surface area contributed by atoms with Crippen LogP contribution in [0.15, 0.2) is 48.5 Å². The van der Waals surface area contributed by atoms with Gasteiger partial charge < -0.3 is 10.2 Å². The van der Waals surface area contributed by atoms with E-state index in [-0.39, 0.29) is 24.2 Å². The number of carbonyl (C=O) groups excluding carboxylic acids is 2. The van der Waals surface area contributed by atoms with E-state index in [9.17, 15) is 9.59 Å². The fourth-order valence-corrected chi connectivity index (χ4v) is 2.91. The van der Waals surface area contributed by atoms with E-state index in [1.54, 1.807) is 23.1 Å². The minimum atomic E-state index is -0.360. The Morgan fingerprint density at radius 2 is 2.00 bits per heavy atom. The van der Waals surface area contributed by atoms with Gasteiger partial charge in [0.25, 0.3) is 0 Å². The predicted molar refractivity (Wildman–Crippen MR) is 91.7 cm³/mol. The fourth-order valence-electron chi connectivity index (χ4n) is 2.72. The molecule has 4 nitrogen and oxygen atoms in total. The Bertz CT molecular complexity index is 760. The summed E-state index contributed by atoms with van der Waals surface area (Å²) in [7, 11) is 0. The molecule has 0 aliphatic carbocycles. The average molecular weight is 329 g/mol. The molecule has 1 atom stereocenters. The van der Waals surface area contributed by atoms with Crippen molar-refractivity contribution in [2.45, 2.75) is 13.3 Å². The van der Waals surface area contributed by atoms with Crippen LogP contribution in [0.5, 0.6) is 0 Å². The highest BCUT2D eigenvalue weighted by molar-refractivity contribution is 6.31. The first-order valence-corrected chi connectivity index (χ1v) is 7.85. The van der Waals surface area contributed by atoms with E-state index in [0.717, 1.165) is 16.9 Å². The number of hydrogen-bond acceptors (Lipinski definition) is 2. The van der Waals surface area contributed by atoms with Crippen molar-refractivity contribution in [1.82, 2.24) is 0 Å². The van der Waals surface area contributed by atoms with Gasteiger partial charge in [-0.2, -0.15) is 0 Å². The van der Waals surface area contributed by atoms with Crippen molar-refractivity contribution < 1.29 is 9.59 Å². The summed E-state index contributed by atoms with van der Waals surface area (Å²) in [5.74, 6) is -0.546. The summed E-state index contributed by atoms with van der Waals surface area (Å²) in [5, 5.41) is 3.48. The molecule has 1 N–H and O–H groups in total. The Hall–Kier alpha value is -2.33. The molecule has 23 heavy (non-hydrogen) atoms. The van der Waals surface area contributed by atoms with Crippen LogP contribution in [-0.2, 0) is 9.59 Å². The number of carbonyl (C=O) groups is 2. The quantitative estimate of drug-likeness (QED) is 0.935. The number of amides is 2. The molecule has 1 fully saturated rings. The van der Waals surface area contributed by atoms with Gasteiger partial charge in [-0.05, 0) is 36.8 Å². The molecule has 1 aliphatic heterocycles. The van der Waals surface area contributed by atoms with Crippen molar-refractivity contribution in [1.29, 1.82) is 0 Å². The lowest BCUT2D eigenvalue weighted by molar-refractivity contribution is -0.122. The molecule has 2 aromatic rings. The number of hydrogen-bond donors (Lipinski definition) is 1. The lowest BCUT2D eigenvalue weighted by atomic mass is 10.1. The third-order valence-corrected chi connectivity index (χ3v) is 4.25. The highest BCUT2D eigenvalue weighted by atomic mass is 35.5. The van der Waals surface area contributed by atoms with Gasteiger partial charge in [-0.15, -0.1) is 0 Å². The van der Waals surface area contributed by atoms with Crippen LogP contribution in [0, 0.1) is 12.8 Å². The number of nitrogens with one attached hydrogen (secondary N) is 1. The van der Waals surface area contributed by atoms with Crippen molar-refractivity contribution in [3.05, 3.63) is 59.1 Å². The minimum absolute atomic E-state index is 0.0581. The molecule has 3 rings (SSSR count). The lowest BCUT2D eigenvalue weighted by Gasteiger charge is -2.17. The van der Waals surface area contributed by atoms with Gasteiger partial charge in [0, 0.05) is 29.4 Å². The fraction of sp³-hybridized carbons (Fsp3) is 0.222. The number of rotatable bonds is 3. The monoisotopic (exact) mass is 328 g/mol. The van der Waals surface area contributed by atoms with Crippen molar-refractivity contribution >= 4 is 34.8 Å². The summed E-state index contributed by atoms with van der Waals surface area (Å²) in [6.07, 6.45) is 0.213. The molecule has 118 valence electrons. The highest BCUT2D eigenvalue weighted by Crippen LogP contribution is 2.28. The molecule has 1 heterocycles. The van der Waals surface area contributed by atoms with Crippen LogP contribution in [0.4, 0.5) is 11.4 Å². The summed E-state index contributed by atoms with van der Waals surface area (Å²) < 4.78 is 0. The minimum Gasteiger partial charge on any atom is -0.326 e. The van der Waals surface area contributed by atoms with E-state index in [2.05, 4.69) is 5.32 Å². The molecule has 0 spiro atoms. The Labute approximate surface area is 140 Å². The number of halogens is 1. The van der Waals surface area contributed by atoms with Crippen LogP contribution < -0.4 is 10.2 Å². The zero-order chi connectivity index (χ0) is 16.4. The Morgan fingerprint density at radius 1 is 1.22 bits per heavy atom. The molecule has 1 saturated heterocycles. The molecule has 0 radical (unpaired) electrons.